The molecule has 0 spiro atoms. The number of pyridine rings is 1. The van der Waals surface area contributed by atoms with Crippen LogP contribution in [0, 0.1) is 0 Å². The Labute approximate surface area is 120 Å². The Morgan fingerprint density at radius 3 is 2.70 bits per heavy atom. The maximum Gasteiger partial charge on any atom is 0.128 e. The van der Waals surface area contributed by atoms with E-state index >= 15 is 0 Å². The molecule has 0 fully saturated rings. The number of nitrogens with zero attached hydrogens (tertiary/aromatic N) is 2. The van der Waals surface area contributed by atoms with Crippen LogP contribution in [0.3, 0.4) is 0 Å². The molecule has 2 heterocycles. The summed E-state index contributed by atoms with van der Waals surface area (Å²) in [5.41, 5.74) is 1.21. The van der Waals surface area contributed by atoms with Crippen molar-refractivity contribution in [3.05, 3.63) is 48.0 Å². The van der Waals surface area contributed by atoms with Gasteiger partial charge >= 0.3 is 0 Å². The molecule has 0 saturated carbocycles. The molecule has 0 bridgehead atoms. The van der Waals surface area contributed by atoms with Crippen LogP contribution in [-0.4, -0.2) is 17.6 Å². The van der Waals surface area contributed by atoms with Crippen LogP contribution in [0.25, 0.3) is 0 Å². The van der Waals surface area contributed by atoms with Crippen molar-refractivity contribution in [2.24, 2.45) is 0 Å². The second-order valence-electron chi connectivity index (χ2n) is 5.15. The fourth-order valence-corrected chi connectivity index (χ4v) is 1.98. The number of nitrogens with one attached hydrogen (secondary N) is 1. The molecule has 0 aliphatic rings. The minimum absolute atomic E-state index is 0.487. The zero-order valence-corrected chi connectivity index (χ0v) is 12.5. The molecule has 20 heavy (non-hydrogen) atoms. The fourth-order valence-electron chi connectivity index (χ4n) is 1.98. The highest BCUT2D eigenvalue weighted by Crippen LogP contribution is 2.15. The van der Waals surface area contributed by atoms with Crippen molar-refractivity contribution in [1.82, 2.24) is 10.3 Å². The van der Waals surface area contributed by atoms with Crippen LogP contribution in [0.1, 0.15) is 32.1 Å². The van der Waals surface area contributed by atoms with E-state index in [2.05, 4.69) is 48.1 Å². The van der Waals surface area contributed by atoms with Crippen LogP contribution >= 0.6 is 0 Å². The molecule has 0 unspecified atom stereocenters. The molecule has 108 valence electrons. The molecule has 2 rings (SSSR count). The van der Waals surface area contributed by atoms with Gasteiger partial charge in [0.15, 0.2) is 0 Å². The Balaban J connectivity index is 1.99. The van der Waals surface area contributed by atoms with Crippen LogP contribution < -0.4 is 10.2 Å². The first-order chi connectivity index (χ1) is 9.69. The molecule has 0 saturated heterocycles. The summed E-state index contributed by atoms with van der Waals surface area (Å²) < 4.78 is 5.40. The van der Waals surface area contributed by atoms with E-state index in [0.29, 0.717) is 6.04 Å². The average molecular weight is 273 g/mol. The van der Waals surface area contributed by atoms with E-state index in [1.54, 1.807) is 6.26 Å². The predicted octanol–water partition coefficient (Wildman–Crippen LogP) is 3.20. The monoisotopic (exact) mass is 273 g/mol. The quantitative estimate of drug-likeness (QED) is 0.841. The molecular formula is C16H23N3O. The van der Waals surface area contributed by atoms with Crippen LogP contribution in [0.5, 0.6) is 0 Å². The number of hydrogen-bond acceptors (Lipinski definition) is 4. The minimum atomic E-state index is 0.487. The van der Waals surface area contributed by atoms with E-state index in [4.69, 9.17) is 4.42 Å². The first-order valence-corrected chi connectivity index (χ1v) is 7.14. The summed E-state index contributed by atoms with van der Waals surface area (Å²) in [5.74, 6) is 1.94. The fraction of sp³-hybridized carbons (Fsp3) is 0.438. The van der Waals surface area contributed by atoms with E-state index in [1.807, 2.05) is 18.3 Å². The van der Waals surface area contributed by atoms with Crippen molar-refractivity contribution in [3.63, 3.8) is 0 Å². The summed E-state index contributed by atoms with van der Waals surface area (Å²) in [4.78, 5) is 6.75. The zero-order chi connectivity index (χ0) is 14.4. The van der Waals surface area contributed by atoms with Gasteiger partial charge in [0, 0.05) is 25.3 Å². The third-order valence-electron chi connectivity index (χ3n) is 3.16. The van der Waals surface area contributed by atoms with Gasteiger partial charge in [-0.15, -0.1) is 0 Å². The first-order valence-electron chi connectivity index (χ1n) is 7.14. The highest BCUT2D eigenvalue weighted by Gasteiger charge is 2.08. The molecule has 0 aliphatic heterocycles. The molecule has 4 nitrogen and oxygen atoms in total. The summed E-state index contributed by atoms with van der Waals surface area (Å²) in [5, 5.41) is 3.39. The average Bonchev–Trinajstić information content (AvgIpc) is 2.96. The van der Waals surface area contributed by atoms with Crippen molar-refractivity contribution < 1.29 is 4.42 Å². The molecule has 2 aromatic rings. The molecular weight excluding hydrogens is 250 g/mol. The van der Waals surface area contributed by atoms with Crippen LogP contribution in [0.15, 0.2) is 41.1 Å². The van der Waals surface area contributed by atoms with Gasteiger partial charge in [0.25, 0.3) is 0 Å². The second kappa shape index (κ2) is 7.10. The number of aromatic nitrogens is 1. The number of furan rings is 1. The van der Waals surface area contributed by atoms with Gasteiger partial charge in [0.1, 0.15) is 11.6 Å². The van der Waals surface area contributed by atoms with Crippen molar-refractivity contribution >= 4 is 5.82 Å². The van der Waals surface area contributed by atoms with Crippen LogP contribution in [0.2, 0.25) is 0 Å². The lowest BCUT2D eigenvalue weighted by Gasteiger charge is -2.21. The number of hydrogen-bond donors (Lipinski definition) is 1. The highest BCUT2D eigenvalue weighted by molar-refractivity contribution is 5.39. The summed E-state index contributed by atoms with van der Waals surface area (Å²) in [6, 6.07) is 8.59. The lowest BCUT2D eigenvalue weighted by atomic mass is 10.2. The Morgan fingerprint density at radius 1 is 1.30 bits per heavy atom. The van der Waals surface area contributed by atoms with Crippen molar-refractivity contribution in [2.45, 2.75) is 39.9 Å². The third-order valence-corrected chi connectivity index (χ3v) is 3.16. The maximum atomic E-state index is 5.40. The predicted molar refractivity (Wildman–Crippen MR) is 81.6 cm³/mol. The molecule has 0 aliphatic carbocycles. The summed E-state index contributed by atoms with van der Waals surface area (Å²) in [6.07, 6.45) is 3.65. The normalized spacial score (nSPS) is 11.0. The standard InChI is InChI=1S/C16H23N3O/c1-4-19(12-15-6-5-9-20-15)16-8-7-14(11-18-16)10-17-13(2)3/h5-9,11,13,17H,4,10,12H2,1-3H3. The molecule has 0 radical (unpaired) electrons. The third kappa shape index (κ3) is 4.10. The molecule has 0 atom stereocenters. The van der Waals surface area contributed by atoms with Gasteiger partial charge in [0.2, 0.25) is 0 Å². The number of rotatable bonds is 7. The van der Waals surface area contributed by atoms with Gasteiger partial charge in [0.05, 0.1) is 12.8 Å². The van der Waals surface area contributed by atoms with Crippen molar-refractivity contribution in [1.29, 1.82) is 0 Å². The molecule has 1 N–H and O–H groups in total. The molecule has 0 amide bonds. The highest BCUT2D eigenvalue weighted by atomic mass is 16.3. The van der Waals surface area contributed by atoms with E-state index in [-0.39, 0.29) is 0 Å². The Bertz CT molecular complexity index is 491. The lowest BCUT2D eigenvalue weighted by molar-refractivity contribution is 0.503. The maximum absolute atomic E-state index is 5.40. The molecule has 0 aromatic carbocycles. The minimum Gasteiger partial charge on any atom is -0.467 e. The van der Waals surface area contributed by atoms with Gasteiger partial charge in [-0.25, -0.2) is 4.98 Å². The lowest BCUT2D eigenvalue weighted by Crippen LogP contribution is -2.24. The largest absolute Gasteiger partial charge is 0.467 e. The second-order valence-corrected chi connectivity index (χ2v) is 5.15. The van der Waals surface area contributed by atoms with E-state index in [0.717, 1.165) is 31.2 Å². The van der Waals surface area contributed by atoms with Gasteiger partial charge in [-0.3, -0.25) is 0 Å². The first kappa shape index (κ1) is 14.6. The van der Waals surface area contributed by atoms with Gasteiger partial charge in [-0.05, 0) is 30.7 Å². The van der Waals surface area contributed by atoms with Crippen LogP contribution in [0.4, 0.5) is 5.82 Å². The Kier molecular flexibility index (Phi) is 5.18. The summed E-state index contributed by atoms with van der Waals surface area (Å²) in [6.45, 7) is 8.92. The smallest absolute Gasteiger partial charge is 0.128 e. The van der Waals surface area contributed by atoms with Crippen LogP contribution in [-0.2, 0) is 13.1 Å². The van der Waals surface area contributed by atoms with E-state index in [1.165, 1.54) is 5.56 Å². The molecule has 2 aromatic heterocycles. The van der Waals surface area contributed by atoms with Crippen molar-refractivity contribution in [3.8, 4) is 0 Å². The van der Waals surface area contributed by atoms with Gasteiger partial charge in [-0.2, -0.15) is 0 Å². The van der Waals surface area contributed by atoms with E-state index in [9.17, 15) is 0 Å². The zero-order valence-electron chi connectivity index (χ0n) is 12.5. The topological polar surface area (TPSA) is 41.3 Å². The van der Waals surface area contributed by atoms with Gasteiger partial charge in [-0.1, -0.05) is 19.9 Å². The summed E-state index contributed by atoms with van der Waals surface area (Å²) in [7, 11) is 0. The summed E-state index contributed by atoms with van der Waals surface area (Å²) >= 11 is 0. The Hall–Kier alpha value is -1.81. The number of anilines is 1. The van der Waals surface area contributed by atoms with Crippen molar-refractivity contribution in [2.75, 3.05) is 11.4 Å². The Morgan fingerprint density at radius 2 is 2.15 bits per heavy atom. The van der Waals surface area contributed by atoms with E-state index < -0.39 is 0 Å². The molecule has 4 heteroatoms. The SMILES string of the molecule is CCN(Cc1ccco1)c1ccc(CNC(C)C)cn1. The van der Waals surface area contributed by atoms with Gasteiger partial charge < -0.3 is 14.6 Å².